The molecule has 1 aliphatic rings. The summed E-state index contributed by atoms with van der Waals surface area (Å²) in [7, 11) is 3.41. The summed E-state index contributed by atoms with van der Waals surface area (Å²) in [6, 6.07) is 21.5. The summed E-state index contributed by atoms with van der Waals surface area (Å²) in [5, 5.41) is 6.36. The van der Waals surface area contributed by atoms with Crippen molar-refractivity contribution in [3.63, 3.8) is 0 Å². The van der Waals surface area contributed by atoms with Crippen LogP contribution in [0.2, 0.25) is 0 Å². The number of hydrogen-bond donors (Lipinski definition) is 2. The summed E-state index contributed by atoms with van der Waals surface area (Å²) >= 11 is 0. The number of rotatable bonds is 5. The Morgan fingerprint density at radius 3 is 2.45 bits per heavy atom. The Kier molecular flexibility index (Phi) is 8.99. The first-order valence-corrected chi connectivity index (χ1v) is 12.8. The number of anilines is 1. The molecule has 0 unspecified atom stereocenters. The molecule has 0 spiro atoms. The van der Waals surface area contributed by atoms with Crippen LogP contribution in [0, 0.1) is 5.92 Å². The predicted molar refractivity (Wildman–Crippen MR) is 147 cm³/mol. The van der Waals surface area contributed by atoms with Crippen LogP contribution in [-0.2, 0) is 4.74 Å². The van der Waals surface area contributed by atoms with E-state index in [1.54, 1.807) is 61.5 Å². The highest BCUT2D eigenvalue weighted by Crippen LogP contribution is 2.27. The van der Waals surface area contributed by atoms with Gasteiger partial charge < -0.3 is 29.7 Å². The maximum Gasteiger partial charge on any atom is 0.257 e. The first kappa shape index (κ1) is 27.2. The second-order valence-electron chi connectivity index (χ2n) is 9.66. The van der Waals surface area contributed by atoms with Crippen molar-refractivity contribution in [2.45, 2.75) is 26.0 Å². The average molecular weight is 518 g/mol. The van der Waals surface area contributed by atoms with E-state index in [0.29, 0.717) is 41.5 Å². The SMILES string of the molecule is CO[C@@H]1CN(C)C(=O)c2cc(NC(=O)c3ccc(Oc4ccccc4)cc3)ccc2OC[C@@H](C)NC[C@H]1C. The molecule has 0 radical (unpaired) electrons. The summed E-state index contributed by atoms with van der Waals surface area (Å²) in [5.41, 5.74) is 1.35. The quantitative estimate of drug-likeness (QED) is 0.504. The summed E-state index contributed by atoms with van der Waals surface area (Å²) in [5.74, 6) is 1.53. The molecule has 0 aliphatic carbocycles. The zero-order chi connectivity index (χ0) is 27.1. The number of amides is 2. The van der Waals surface area contributed by atoms with Crippen LogP contribution in [0.25, 0.3) is 0 Å². The molecule has 1 aliphatic heterocycles. The highest BCUT2D eigenvalue weighted by atomic mass is 16.5. The van der Waals surface area contributed by atoms with Gasteiger partial charge >= 0.3 is 0 Å². The van der Waals surface area contributed by atoms with E-state index in [-0.39, 0.29) is 29.9 Å². The maximum atomic E-state index is 13.4. The van der Waals surface area contributed by atoms with E-state index in [0.717, 1.165) is 12.3 Å². The zero-order valence-corrected chi connectivity index (χ0v) is 22.3. The smallest absolute Gasteiger partial charge is 0.257 e. The summed E-state index contributed by atoms with van der Waals surface area (Å²) in [4.78, 5) is 28.0. The molecule has 8 heteroatoms. The Morgan fingerprint density at radius 1 is 1.03 bits per heavy atom. The number of likely N-dealkylation sites (N-methyl/N-ethyl adjacent to an activating group) is 1. The lowest BCUT2D eigenvalue weighted by atomic mass is 10.0. The monoisotopic (exact) mass is 517 g/mol. The molecule has 38 heavy (non-hydrogen) atoms. The number of methoxy groups -OCH3 is 1. The summed E-state index contributed by atoms with van der Waals surface area (Å²) in [6.07, 6.45) is -0.121. The standard InChI is InChI=1S/C30H35N3O5/c1-20-17-31-21(2)19-37-27-15-12-23(16-26(27)30(35)33(3)18-28(20)36-4)32-29(34)22-10-13-25(14-11-22)38-24-8-6-5-7-9-24/h5-16,20-21,28,31H,17-19H2,1-4H3,(H,32,34)/t20-,21-,28-/m1/s1. The molecule has 3 atom stereocenters. The van der Waals surface area contributed by atoms with E-state index in [9.17, 15) is 9.59 Å². The van der Waals surface area contributed by atoms with Crippen molar-refractivity contribution < 1.29 is 23.8 Å². The second kappa shape index (κ2) is 12.6. The number of fused-ring (bicyclic) bond motifs is 1. The molecule has 2 N–H and O–H groups in total. The molecule has 2 amide bonds. The number of nitrogens with one attached hydrogen (secondary N) is 2. The fourth-order valence-corrected chi connectivity index (χ4v) is 4.24. The zero-order valence-electron chi connectivity index (χ0n) is 22.3. The van der Waals surface area contributed by atoms with Gasteiger partial charge in [-0.3, -0.25) is 9.59 Å². The van der Waals surface area contributed by atoms with E-state index >= 15 is 0 Å². The molecule has 200 valence electrons. The number of benzene rings is 3. The molecule has 0 saturated carbocycles. The highest BCUT2D eigenvalue weighted by molar-refractivity contribution is 6.05. The van der Waals surface area contributed by atoms with Gasteiger partial charge in [0, 0.05) is 44.5 Å². The van der Waals surface area contributed by atoms with Crippen molar-refractivity contribution in [2.75, 3.05) is 39.2 Å². The minimum Gasteiger partial charge on any atom is -0.491 e. The third-order valence-electron chi connectivity index (χ3n) is 6.58. The fourth-order valence-electron chi connectivity index (χ4n) is 4.24. The van der Waals surface area contributed by atoms with Gasteiger partial charge in [0.25, 0.3) is 11.8 Å². The molecule has 1 heterocycles. The van der Waals surface area contributed by atoms with Crippen LogP contribution in [0.5, 0.6) is 17.2 Å². The molecule has 0 fully saturated rings. The first-order valence-electron chi connectivity index (χ1n) is 12.8. The van der Waals surface area contributed by atoms with Gasteiger partial charge in [-0.15, -0.1) is 0 Å². The molecular formula is C30H35N3O5. The fraction of sp³-hybridized carbons (Fsp3) is 0.333. The van der Waals surface area contributed by atoms with E-state index in [2.05, 4.69) is 17.6 Å². The lowest BCUT2D eigenvalue weighted by Gasteiger charge is -2.30. The van der Waals surface area contributed by atoms with Crippen molar-refractivity contribution in [2.24, 2.45) is 5.92 Å². The molecule has 3 aromatic rings. The molecule has 4 rings (SSSR count). The van der Waals surface area contributed by atoms with E-state index in [1.165, 1.54) is 0 Å². The van der Waals surface area contributed by atoms with Gasteiger partial charge in [0.2, 0.25) is 0 Å². The molecule has 8 nitrogen and oxygen atoms in total. The number of hydrogen-bond acceptors (Lipinski definition) is 6. The van der Waals surface area contributed by atoms with Crippen molar-refractivity contribution in [3.05, 3.63) is 83.9 Å². The Labute approximate surface area is 223 Å². The lowest BCUT2D eigenvalue weighted by molar-refractivity contribution is 0.0281. The highest BCUT2D eigenvalue weighted by Gasteiger charge is 2.25. The summed E-state index contributed by atoms with van der Waals surface area (Å²) < 4.78 is 17.5. The average Bonchev–Trinajstić information content (AvgIpc) is 2.93. The Balaban J connectivity index is 1.51. The van der Waals surface area contributed by atoms with Crippen LogP contribution in [0.1, 0.15) is 34.6 Å². The number of ether oxygens (including phenoxy) is 3. The van der Waals surface area contributed by atoms with Gasteiger partial charge in [0.05, 0.1) is 11.7 Å². The molecule has 3 aromatic carbocycles. The number of nitrogens with zero attached hydrogens (tertiary/aromatic N) is 1. The molecule has 0 aromatic heterocycles. The Hall–Kier alpha value is -3.88. The van der Waals surface area contributed by atoms with Crippen molar-refractivity contribution in [3.8, 4) is 17.2 Å². The van der Waals surface area contributed by atoms with Gasteiger partial charge in [-0.05, 0) is 67.4 Å². The predicted octanol–water partition coefficient (Wildman–Crippen LogP) is 4.82. The van der Waals surface area contributed by atoms with Crippen LogP contribution in [0.15, 0.2) is 72.8 Å². The van der Waals surface area contributed by atoms with Crippen LogP contribution >= 0.6 is 0 Å². The van der Waals surface area contributed by atoms with E-state index in [4.69, 9.17) is 14.2 Å². The topological polar surface area (TPSA) is 89.1 Å². The number of carbonyl (C=O) groups excluding carboxylic acids is 2. The van der Waals surface area contributed by atoms with Gasteiger partial charge in [-0.1, -0.05) is 25.1 Å². The lowest BCUT2D eigenvalue weighted by Crippen LogP contribution is -2.44. The Morgan fingerprint density at radius 2 is 1.74 bits per heavy atom. The molecule has 0 bridgehead atoms. The largest absolute Gasteiger partial charge is 0.491 e. The van der Waals surface area contributed by atoms with Crippen molar-refractivity contribution in [1.29, 1.82) is 0 Å². The van der Waals surface area contributed by atoms with Crippen LogP contribution < -0.4 is 20.1 Å². The second-order valence-corrected chi connectivity index (χ2v) is 9.66. The normalized spacial score (nSPS) is 20.4. The van der Waals surface area contributed by atoms with Gasteiger partial charge in [-0.2, -0.15) is 0 Å². The first-order chi connectivity index (χ1) is 18.3. The van der Waals surface area contributed by atoms with Gasteiger partial charge in [0.1, 0.15) is 23.9 Å². The van der Waals surface area contributed by atoms with Crippen molar-refractivity contribution in [1.82, 2.24) is 10.2 Å². The number of para-hydroxylation sites is 1. The van der Waals surface area contributed by atoms with Crippen molar-refractivity contribution >= 4 is 17.5 Å². The Bertz CT molecular complexity index is 1230. The molecule has 0 saturated heterocycles. The van der Waals surface area contributed by atoms with Crippen LogP contribution in [0.4, 0.5) is 5.69 Å². The minimum atomic E-state index is -0.294. The van der Waals surface area contributed by atoms with Crippen LogP contribution in [-0.4, -0.2) is 62.7 Å². The van der Waals surface area contributed by atoms with E-state index < -0.39 is 0 Å². The third kappa shape index (κ3) is 6.90. The van der Waals surface area contributed by atoms with Gasteiger partial charge in [0.15, 0.2) is 0 Å². The summed E-state index contributed by atoms with van der Waals surface area (Å²) in [6.45, 7) is 5.72. The number of carbonyl (C=O) groups is 2. The third-order valence-corrected chi connectivity index (χ3v) is 6.58. The minimum absolute atomic E-state index is 0.0864. The molecular weight excluding hydrogens is 482 g/mol. The van der Waals surface area contributed by atoms with Gasteiger partial charge in [-0.25, -0.2) is 0 Å². The van der Waals surface area contributed by atoms with E-state index in [1.807, 2.05) is 37.3 Å². The van der Waals surface area contributed by atoms with Crippen LogP contribution in [0.3, 0.4) is 0 Å². The maximum absolute atomic E-state index is 13.4.